The molecule has 0 amide bonds. The molecule has 0 aliphatic rings. The molecule has 0 atom stereocenters. The Morgan fingerprint density at radius 2 is 1.67 bits per heavy atom. The molecule has 1 aromatic rings. The van der Waals surface area contributed by atoms with Crippen molar-refractivity contribution >= 4 is 0 Å². The lowest BCUT2D eigenvalue weighted by atomic mass is 9.92. The summed E-state index contributed by atoms with van der Waals surface area (Å²) in [6.45, 7) is 8.91. The van der Waals surface area contributed by atoms with Gasteiger partial charge < -0.3 is 5.32 Å². The first-order chi connectivity index (χ1) is 6.95. The first kappa shape index (κ1) is 12.3. The van der Waals surface area contributed by atoms with Gasteiger partial charge in [0.05, 0.1) is 0 Å². The van der Waals surface area contributed by atoms with Gasteiger partial charge in [0.15, 0.2) is 0 Å². The highest BCUT2D eigenvalue weighted by Gasteiger charge is 2.16. The molecule has 84 valence electrons. The van der Waals surface area contributed by atoms with Crippen LogP contribution >= 0.6 is 0 Å². The lowest BCUT2D eigenvalue weighted by molar-refractivity contribution is 0.444. The second-order valence-corrected chi connectivity index (χ2v) is 5.17. The van der Waals surface area contributed by atoms with Gasteiger partial charge in [0.1, 0.15) is 0 Å². The maximum atomic E-state index is 3.32. The molecule has 1 N–H and O–H groups in total. The van der Waals surface area contributed by atoms with Crippen LogP contribution in [0.4, 0.5) is 0 Å². The van der Waals surface area contributed by atoms with Crippen LogP contribution < -0.4 is 5.32 Å². The molecule has 0 bridgehead atoms. The third-order valence-corrected chi connectivity index (χ3v) is 2.94. The summed E-state index contributed by atoms with van der Waals surface area (Å²) >= 11 is 0. The average molecular weight is 205 g/mol. The van der Waals surface area contributed by atoms with E-state index in [1.165, 1.54) is 17.5 Å². The molecule has 0 aliphatic heterocycles. The highest BCUT2D eigenvalue weighted by atomic mass is 14.9. The third kappa shape index (κ3) is 3.35. The summed E-state index contributed by atoms with van der Waals surface area (Å²) in [6.07, 6.45) is 1.17. The molecular formula is C14H23N. The zero-order chi connectivity index (χ0) is 11.5. The van der Waals surface area contributed by atoms with Gasteiger partial charge in [0.25, 0.3) is 0 Å². The van der Waals surface area contributed by atoms with Crippen molar-refractivity contribution in [3.63, 3.8) is 0 Å². The highest BCUT2D eigenvalue weighted by Crippen LogP contribution is 2.20. The summed E-state index contributed by atoms with van der Waals surface area (Å²) in [6, 6.07) is 8.95. The van der Waals surface area contributed by atoms with E-state index >= 15 is 0 Å². The van der Waals surface area contributed by atoms with E-state index in [1.54, 1.807) is 0 Å². The van der Waals surface area contributed by atoms with E-state index in [4.69, 9.17) is 0 Å². The van der Waals surface area contributed by atoms with Gasteiger partial charge >= 0.3 is 0 Å². The number of hydrogen-bond acceptors (Lipinski definition) is 1. The maximum Gasteiger partial charge on any atom is 0.0374 e. The fourth-order valence-electron chi connectivity index (χ4n) is 1.67. The lowest BCUT2D eigenvalue weighted by Gasteiger charge is -2.24. The molecule has 1 heteroatoms. The summed E-state index contributed by atoms with van der Waals surface area (Å²) in [5.74, 6) is 0.730. The zero-order valence-electron chi connectivity index (χ0n) is 10.6. The number of rotatable bonds is 4. The molecule has 0 aliphatic carbocycles. The number of benzene rings is 1. The van der Waals surface area contributed by atoms with E-state index in [0.29, 0.717) is 0 Å². The molecule has 1 rings (SSSR count). The van der Waals surface area contributed by atoms with Crippen LogP contribution in [0.2, 0.25) is 0 Å². The van der Waals surface area contributed by atoms with E-state index in [-0.39, 0.29) is 5.54 Å². The first-order valence-electron chi connectivity index (χ1n) is 5.74. The average Bonchev–Trinajstić information content (AvgIpc) is 2.18. The molecule has 0 fully saturated rings. The Balaban J connectivity index is 2.81. The lowest BCUT2D eigenvalue weighted by Crippen LogP contribution is -2.32. The quantitative estimate of drug-likeness (QED) is 0.795. The predicted octanol–water partition coefficient (Wildman–Crippen LogP) is 3.34. The highest BCUT2D eigenvalue weighted by molar-refractivity contribution is 5.27. The van der Waals surface area contributed by atoms with E-state index in [0.717, 1.165) is 5.92 Å². The van der Waals surface area contributed by atoms with Gasteiger partial charge in [-0.3, -0.25) is 0 Å². The second-order valence-electron chi connectivity index (χ2n) is 5.17. The molecule has 1 aromatic carbocycles. The Hall–Kier alpha value is -0.820. The van der Waals surface area contributed by atoms with Crippen LogP contribution in [0.15, 0.2) is 24.3 Å². The fraction of sp³-hybridized carbons (Fsp3) is 0.571. The summed E-state index contributed by atoms with van der Waals surface area (Å²) in [5.41, 5.74) is 2.84. The minimum Gasteiger partial charge on any atom is -0.311 e. The van der Waals surface area contributed by atoms with Crippen LogP contribution in [0.3, 0.4) is 0 Å². The van der Waals surface area contributed by atoms with Crippen LogP contribution in [0.1, 0.15) is 38.8 Å². The van der Waals surface area contributed by atoms with Crippen molar-refractivity contribution in [3.8, 4) is 0 Å². The molecule has 1 nitrogen and oxygen atoms in total. The van der Waals surface area contributed by atoms with Gasteiger partial charge in [-0.2, -0.15) is 0 Å². The van der Waals surface area contributed by atoms with Gasteiger partial charge in [0.2, 0.25) is 0 Å². The van der Waals surface area contributed by atoms with Gasteiger partial charge in [0, 0.05) is 5.54 Å². The van der Waals surface area contributed by atoms with Crippen LogP contribution in [0.5, 0.6) is 0 Å². The van der Waals surface area contributed by atoms with E-state index in [1.807, 2.05) is 7.05 Å². The summed E-state index contributed by atoms with van der Waals surface area (Å²) < 4.78 is 0. The molecule has 0 spiro atoms. The summed E-state index contributed by atoms with van der Waals surface area (Å²) in [4.78, 5) is 0. The molecule has 0 saturated heterocycles. The second kappa shape index (κ2) is 4.80. The normalized spacial score (nSPS) is 12.1. The third-order valence-electron chi connectivity index (χ3n) is 2.94. The molecule has 15 heavy (non-hydrogen) atoms. The Labute approximate surface area is 93.9 Å². The van der Waals surface area contributed by atoms with Crippen molar-refractivity contribution in [2.75, 3.05) is 7.05 Å². The minimum atomic E-state index is 0.0658. The van der Waals surface area contributed by atoms with E-state index < -0.39 is 0 Å². The van der Waals surface area contributed by atoms with Crippen molar-refractivity contribution < 1.29 is 0 Å². The number of hydrogen-bond donors (Lipinski definition) is 1. The van der Waals surface area contributed by atoms with Crippen molar-refractivity contribution in [1.29, 1.82) is 0 Å². The molecule has 0 aromatic heterocycles. The van der Waals surface area contributed by atoms with Crippen LogP contribution in [0, 0.1) is 5.92 Å². The van der Waals surface area contributed by atoms with Crippen molar-refractivity contribution in [3.05, 3.63) is 35.4 Å². The largest absolute Gasteiger partial charge is 0.311 e. The molecule has 0 radical (unpaired) electrons. The molecule has 0 heterocycles. The minimum absolute atomic E-state index is 0.0658. The summed E-state index contributed by atoms with van der Waals surface area (Å²) in [7, 11) is 2.00. The monoisotopic (exact) mass is 205 g/mol. The smallest absolute Gasteiger partial charge is 0.0374 e. The van der Waals surface area contributed by atoms with E-state index in [2.05, 4.69) is 57.3 Å². The van der Waals surface area contributed by atoms with Crippen molar-refractivity contribution in [1.82, 2.24) is 5.32 Å². The molecular weight excluding hydrogens is 182 g/mol. The Kier molecular flexibility index (Phi) is 3.92. The van der Waals surface area contributed by atoms with Crippen LogP contribution in [-0.2, 0) is 12.0 Å². The van der Waals surface area contributed by atoms with Crippen LogP contribution in [0.25, 0.3) is 0 Å². The Bertz CT molecular complexity index is 296. The zero-order valence-corrected chi connectivity index (χ0v) is 10.6. The topological polar surface area (TPSA) is 12.0 Å². The van der Waals surface area contributed by atoms with E-state index in [9.17, 15) is 0 Å². The van der Waals surface area contributed by atoms with Crippen molar-refractivity contribution in [2.24, 2.45) is 5.92 Å². The number of nitrogens with one attached hydrogen (secondary N) is 1. The maximum absolute atomic E-state index is 3.32. The fourth-order valence-corrected chi connectivity index (χ4v) is 1.67. The first-order valence-corrected chi connectivity index (χ1v) is 5.74. The standard InChI is InChI=1S/C14H23N/c1-11(2)10-12-6-8-13(9-7-12)14(3,4)15-5/h6-9,11,15H,10H2,1-5H3. The Morgan fingerprint density at radius 3 is 2.07 bits per heavy atom. The predicted molar refractivity (Wildman–Crippen MR) is 67.1 cm³/mol. The molecule has 0 saturated carbocycles. The molecule has 0 unspecified atom stereocenters. The van der Waals surface area contributed by atoms with Gasteiger partial charge in [-0.1, -0.05) is 38.1 Å². The summed E-state index contributed by atoms with van der Waals surface area (Å²) in [5, 5.41) is 3.32. The van der Waals surface area contributed by atoms with Gasteiger partial charge in [-0.15, -0.1) is 0 Å². The SMILES string of the molecule is CNC(C)(C)c1ccc(CC(C)C)cc1. The van der Waals surface area contributed by atoms with Crippen molar-refractivity contribution in [2.45, 2.75) is 39.7 Å². The Morgan fingerprint density at radius 1 is 1.13 bits per heavy atom. The van der Waals surface area contributed by atoms with Gasteiger partial charge in [-0.25, -0.2) is 0 Å². The van der Waals surface area contributed by atoms with Crippen LogP contribution in [-0.4, -0.2) is 7.05 Å². The van der Waals surface area contributed by atoms with Gasteiger partial charge in [-0.05, 0) is 44.4 Å².